The largest absolute Gasteiger partial charge is 0.393 e. The highest BCUT2D eigenvalue weighted by Gasteiger charge is 2.42. The fourth-order valence-electron chi connectivity index (χ4n) is 3.44. The SMILES string of the molecule is NCc1ccc(Cl)cc1N1CC2CCC(O)C2C1. The van der Waals surface area contributed by atoms with Crippen molar-refractivity contribution in [3.8, 4) is 0 Å². The Morgan fingerprint density at radius 1 is 1.33 bits per heavy atom. The predicted octanol–water partition coefficient (Wildman–Crippen LogP) is 2.01. The highest BCUT2D eigenvalue weighted by Crippen LogP contribution is 2.41. The van der Waals surface area contributed by atoms with Gasteiger partial charge in [-0.2, -0.15) is 0 Å². The van der Waals surface area contributed by atoms with Gasteiger partial charge in [0.1, 0.15) is 0 Å². The van der Waals surface area contributed by atoms with Crippen LogP contribution in [0.5, 0.6) is 0 Å². The van der Waals surface area contributed by atoms with Gasteiger partial charge < -0.3 is 15.7 Å². The number of aliphatic hydroxyl groups excluding tert-OH is 1. The zero-order valence-electron chi connectivity index (χ0n) is 10.3. The fraction of sp³-hybridized carbons (Fsp3) is 0.571. The van der Waals surface area contributed by atoms with Crippen LogP contribution in [0, 0.1) is 11.8 Å². The molecule has 3 atom stereocenters. The quantitative estimate of drug-likeness (QED) is 0.861. The molecule has 3 N–H and O–H groups in total. The van der Waals surface area contributed by atoms with E-state index >= 15 is 0 Å². The number of hydrogen-bond acceptors (Lipinski definition) is 3. The summed E-state index contributed by atoms with van der Waals surface area (Å²) in [7, 11) is 0. The van der Waals surface area contributed by atoms with Gasteiger partial charge in [0.2, 0.25) is 0 Å². The molecule has 3 unspecified atom stereocenters. The lowest BCUT2D eigenvalue weighted by Gasteiger charge is -2.23. The van der Waals surface area contributed by atoms with E-state index in [1.54, 1.807) is 0 Å². The summed E-state index contributed by atoms with van der Waals surface area (Å²) in [5.41, 5.74) is 8.07. The molecule has 1 heterocycles. The number of halogens is 1. The summed E-state index contributed by atoms with van der Waals surface area (Å²) in [5, 5.41) is 10.7. The Morgan fingerprint density at radius 3 is 2.89 bits per heavy atom. The van der Waals surface area contributed by atoms with E-state index in [4.69, 9.17) is 17.3 Å². The summed E-state index contributed by atoms with van der Waals surface area (Å²) in [6.07, 6.45) is 1.98. The third kappa shape index (κ3) is 2.00. The van der Waals surface area contributed by atoms with Gasteiger partial charge in [-0.15, -0.1) is 0 Å². The first-order chi connectivity index (χ1) is 8.69. The second-order valence-electron chi connectivity index (χ2n) is 5.45. The molecule has 0 spiro atoms. The van der Waals surface area contributed by atoms with E-state index in [-0.39, 0.29) is 6.10 Å². The van der Waals surface area contributed by atoms with Gasteiger partial charge in [0.05, 0.1) is 6.10 Å². The van der Waals surface area contributed by atoms with Crippen LogP contribution in [0.3, 0.4) is 0 Å². The summed E-state index contributed by atoms with van der Waals surface area (Å²) < 4.78 is 0. The van der Waals surface area contributed by atoms with Crippen LogP contribution in [0.2, 0.25) is 5.02 Å². The van der Waals surface area contributed by atoms with Crippen molar-refractivity contribution in [3.63, 3.8) is 0 Å². The number of fused-ring (bicyclic) bond motifs is 1. The average molecular weight is 267 g/mol. The Hall–Kier alpha value is -0.770. The van der Waals surface area contributed by atoms with E-state index in [0.29, 0.717) is 18.4 Å². The van der Waals surface area contributed by atoms with Crippen molar-refractivity contribution in [2.45, 2.75) is 25.5 Å². The Morgan fingerprint density at radius 2 is 2.17 bits per heavy atom. The van der Waals surface area contributed by atoms with E-state index in [1.807, 2.05) is 18.2 Å². The maximum Gasteiger partial charge on any atom is 0.0588 e. The van der Waals surface area contributed by atoms with E-state index in [1.165, 1.54) is 0 Å². The summed E-state index contributed by atoms with van der Waals surface area (Å²) >= 11 is 6.08. The van der Waals surface area contributed by atoms with Crippen LogP contribution in [-0.2, 0) is 6.54 Å². The van der Waals surface area contributed by atoms with Crippen molar-refractivity contribution < 1.29 is 5.11 Å². The summed E-state index contributed by atoms with van der Waals surface area (Å²) in [6, 6.07) is 5.89. The lowest BCUT2D eigenvalue weighted by molar-refractivity contribution is 0.133. The van der Waals surface area contributed by atoms with Crippen LogP contribution in [0.15, 0.2) is 18.2 Å². The monoisotopic (exact) mass is 266 g/mol. The van der Waals surface area contributed by atoms with Crippen molar-refractivity contribution in [3.05, 3.63) is 28.8 Å². The molecule has 1 aromatic rings. The van der Waals surface area contributed by atoms with E-state index in [9.17, 15) is 5.11 Å². The zero-order valence-corrected chi connectivity index (χ0v) is 11.1. The molecule has 0 amide bonds. The molecule has 3 nitrogen and oxygen atoms in total. The van der Waals surface area contributed by atoms with Gasteiger partial charge in [-0.3, -0.25) is 0 Å². The molecule has 1 aliphatic heterocycles. The zero-order chi connectivity index (χ0) is 12.7. The molecule has 2 fully saturated rings. The third-order valence-corrected chi connectivity index (χ3v) is 4.66. The molecule has 0 radical (unpaired) electrons. The first-order valence-electron chi connectivity index (χ1n) is 6.60. The van der Waals surface area contributed by atoms with Crippen LogP contribution in [-0.4, -0.2) is 24.3 Å². The molecule has 4 heteroatoms. The first kappa shape index (κ1) is 12.3. The molecule has 0 aromatic heterocycles. The molecule has 0 bridgehead atoms. The first-order valence-corrected chi connectivity index (χ1v) is 6.98. The Kier molecular flexibility index (Phi) is 3.22. The molecule has 3 rings (SSSR count). The molecule has 1 aromatic carbocycles. The van der Waals surface area contributed by atoms with Crippen LogP contribution in [0.4, 0.5) is 5.69 Å². The molecule has 1 saturated carbocycles. The Balaban J connectivity index is 1.86. The number of nitrogens with two attached hydrogens (primary N) is 1. The highest BCUT2D eigenvalue weighted by atomic mass is 35.5. The van der Waals surface area contributed by atoms with Gasteiger partial charge in [0.15, 0.2) is 0 Å². The Bertz CT molecular complexity index is 451. The smallest absolute Gasteiger partial charge is 0.0588 e. The highest BCUT2D eigenvalue weighted by molar-refractivity contribution is 6.30. The second kappa shape index (κ2) is 4.72. The van der Waals surface area contributed by atoms with E-state index in [0.717, 1.165) is 42.2 Å². The number of anilines is 1. The lowest BCUT2D eigenvalue weighted by atomic mass is 10.00. The number of benzene rings is 1. The van der Waals surface area contributed by atoms with E-state index in [2.05, 4.69) is 4.90 Å². The molecular formula is C14H19ClN2O. The van der Waals surface area contributed by atoms with Crippen molar-refractivity contribution in [1.29, 1.82) is 0 Å². The van der Waals surface area contributed by atoms with Gasteiger partial charge in [0.25, 0.3) is 0 Å². The summed E-state index contributed by atoms with van der Waals surface area (Å²) in [6.45, 7) is 2.48. The van der Waals surface area contributed by atoms with Gasteiger partial charge in [-0.05, 0) is 36.5 Å². The number of aliphatic hydroxyl groups is 1. The lowest BCUT2D eigenvalue weighted by Crippen LogP contribution is -2.25. The van der Waals surface area contributed by atoms with Gasteiger partial charge in [0, 0.05) is 36.3 Å². The minimum atomic E-state index is -0.125. The summed E-state index contributed by atoms with van der Waals surface area (Å²) in [4.78, 5) is 2.34. The topological polar surface area (TPSA) is 49.5 Å². The minimum Gasteiger partial charge on any atom is -0.393 e. The second-order valence-corrected chi connectivity index (χ2v) is 5.89. The molecule has 2 aliphatic rings. The average Bonchev–Trinajstić information content (AvgIpc) is 2.92. The fourth-order valence-corrected chi connectivity index (χ4v) is 3.60. The normalized spacial score (nSPS) is 30.8. The van der Waals surface area contributed by atoms with Crippen LogP contribution < -0.4 is 10.6 Å². The minimum absolute atomic E-state index is 0.125. The number of rotatable bonds is 2. The molecule has 18 heavy (non-hydrogen) atoms. The van der Waals surface area contributed by atoms with Crippen LogP contribution in [0.1, 0.15) is 18.4 Å². The standard InChI is InChI=1S/C14H19ClN2O/c15-11-3-1-9(6-16)13(5-11)17-7-10-2-4-14(18)12(10)8-17/h1,3,5,10,12,14,18H,2,4,6-8,16H2. The van der Waals surface area contributed by atoms with Crippen LogP contribution in [0.25, 0.3) is 0 Å². The molecule has 98 valence electrons. The number of nitrogens with zero attached hydrogens (tertiary/aromatic N) is 1. The molecular weight excluding hydrogens is 248 g/mol. The van der Waals surface area contributed by atoms with Gasteiger partial charge >= 0.3 is 0 Å². The van der Waals surface area contributed by atoms with E-state index < -0.39 is 0 Å². The molecule has 1 saturated heterocycles. The predicted molar refractivity (Wildman–Crippen MR) is 73.8 cm³/mol. The maximum absolute atomic E-state index is 9.97. The van der Waals surface area contributed by atoms with Crippen molar-refractivity contribution in [1.82, 2.24) is 0 Å². The van der Waals surface area contributed by atoms with Crippen molar-refractivity contribution in [2.75, 3.05) is 18.0 Å². The van der Waals surface area contributed by atoms with Crippen molar-refractivity contribution >= 4 is 17.3 Å². The summed E-state index contributed by atoms with van der Waals surface area (Å²) in [5.74, 6) is 1.05. The van der Waals surface area contributed by atoms with Crippen LogP contribution >= 0.6 is 11.6 Å². The Labute approximate surface area is 113 Å². The van der Waals surface area contributed by atoms with Gasteiger partial charge in [-0.25, -0.2) is 0 Å². The van der Waals surface area contributed by atoms with Gasteiger partial charge in [-0.1, -0.05) is 17.7 Å². The van der Waals surface area contributed by atoms with Crippen molar-refractivity contribution in [2.24, 2.45) is 17.6 Å². The number of hydrogen-bond donors (Lipinski definition) is 2. The third-order valence-electron chi connectivity index (χ3n) is 4.43. The molecule has 1 aliphatic carbocycles. The maximum atomic E-state index is 9.97.